The Kier molecular flexibility index (Phi) is 11.0. The number of rotatable bonds is 7. The van der Waals surface area contributed by atoms with Crippen LogP contribution in [-0.2, 0) is 0 Å². The zero-order chi connectivity index (χ0) is 36.8. The molecule has 1 heteroatoms. The molecule has 0 amide bonds. The smallest absolute Gasteiger partial charge is 0.109 e. The number of hydrogen-bond acceptors (Lipinski definition) is 0. The summed E-state index contributed by atoms with van der Waals surface area (Å²) < 4.78 is 0. The van der Waals surface area contributed by atoms with Crippen molar-refractivity contribution in [2.24, 2.45) is 0 Å². The zero-order valence-electron chi connectivity index (χ0n) is 32.2. The van der Waals surface area contributed by atoms with E-state index in [1.165, 1.54) is 89.0 Å². The molecular weight excluding hydrogens is 623 g/mol. The highest BCUT2D eigenvalue weighted by molar-refractivity contribution is 7.20. The van der Waals surface area contributed by atoms with Crippen LogP contribution in [0.15, 0.2) is 164 Å². The Morgan fingerprint density at radius 1 is 0.288 bits per heavy atom. The Hall–Kier alpha value is -5.53. The van der Waals surface area contributed by atoms with E-state index in [-0.39, 0.29) is 0 Å². The third-order valence-corrected chi connectivity index (χ3v) is 10.8. The minimum atomic E-state index is -1.38. The molecule has 0 aliphatic rings. The lowest BCUT2D eigenvalue weighted by Gasteiger charge is -2.48. The van der Waals surface area contributed by atoms with Crippen molar-refractivity contribution in [1.82, 2.24) is 0 Å². The summed E-state index contributed by atoms with van der Waals surface area (Å²) in [6.45, 7) is 17.9. The molecule has 7 rings (SSSR count). The van der Waals surface area contributed by atoms with Crippen molar-refractivity contribution >= 4 is 28.0 Å². The molecule has 0 saturated heterocycles. The van der Waals surface area contributed by atoms with Crippen molar-refractivity contribution in [2.75, 3.05) is 0 Å². The van der Waals surface area contributed by atoms with Gasteiger partial charge in [0, 0.05) is 0 Å². The molecule has 0 nitrogen and oxygen atoms in total. The van der Waals surface area contributed by atoms with Gasteiger partial charge in [-0.15, -0.1) is 0 Å². The third kappa shape index (κ3) is 7.41. The van der Waals surface area contributed by atoms with Crippen LogP contribution in [0, 0.1) is 61.3 Å². The third-order valence-electron chi connectivity index (χ3n) is 10.8. The molecule has 0 aliphatic carbocycles. The Labute approximate surface area is 313 Å². The second-order valence-corrected chi connectivity index (χ2v) is 14.8. The molecule has 52 heavy (non-hydrogen) atoms. The first-order valence-corrected chi connectivity index (χ1v) is 18.6. The van der Waals surface area contributed by atoms with Gasteiger partial charge in [-0.25, -0.2) is 0 Å². The van der Waals surface area contributed by atoms with E-state index in [9.17, 15) is 0 Å². The highest BCUT2D eigenvalue weighted by Crippen LogP contribution is 2.30. The van der Waals surface area contributed by atoms with Gasteiger partial charge in [0.1, 0.15) is 6.15 Å². The van der Waals surface area contributed by atoms with Gasteiger partial charge < -0.3 is 0 Å². The first kappa shape index (κ1) is 36.3. The van der Waals surface area contributed by atoms with Crippen LogP contribution < -0.4 is 21.9 Å². The maximum absolute atomic E-state index is 2.39. The molecule has 0 bridgehead atoms. The van der Waals surface area contributed by atoms with Crippen LogP contribution in [-0.4, -0.2) is 6.15 Å². The molecule has 0 unspecified atom stereocenters. The minimum absolute atomic E-state index is 1.25. The van der Waals surface area contributed by atoms with Gasteiger partial charge in [0.25, 0.3) is 0 Å². The van der Waals surface area contributed by atoms with Gasteiger partial charge in [0.2, 0.25) is 0 Å². The van der Waals surface area contributed by atoms with Gasteiger partial charge in [-0.3, -0.25) is 0 Å². The first-order valence-electron chi connectivity index (χ1n) is 18.6. The average molecular weight is 675 g/mol. The molecule has 0 radical (unpaired) electrons. The fourth-order valence-electron chi connectivity index (χ4n) is 8.57. The van der Waals surface area contributed by atoms with Gasteiger partial charge >= 0.3 is 0 Å². The normalized spacial score (nSPS) is 11.1. The van der Waals surface area contributed by atoms with Crippen LogP contribution >= 0.6 is 0 Å². The summed E-state index contributed by atoms with van der Waals surface area (Å²) in [6, 6.07) is 59.8. The summed E-state index contributed by atoms with van der Waals surface area (Å²) in [5.74, 6) is 1.28. The average Bonchev–Trinajstić information content (AvgIpc) is 3.12. The first-order chi connectivity index (χ1) is 25.1. The SMILES string of the molecule is Cc1ccc([B-](c2ccc(C)cc2C)(c2ccc(C)cc2C)c2ccc(C)cc2C)c(C)c1.c1ccc([C+](c2ccccc2)c2ccccc2)cc1. The van der Waals surface area contributed by atoms with Gasteiger partial charge in [-0.2, -0.15) is 21.9 Å². The Morgan fingerprint density at radius 3 is 0.731 bits per heavy atom. The van der Waals surface area contributed by atoms with Crippen molar-refractivity contribution in [3.63, 3.8) is 0 Å². The highest BCUT2D eigenvalue weighted by Gasteiger charge is 2.35. The van der Waals surface area contributed by atoms with Crippen LogP contribution in [0.25, 0.3) is 0 Å². The molecule has 7 aromatic carbocycles. The van der Waals surface area contributed by atoms with Crippen molar-refractivity contribution in [3.8, 4) is 0 Å². The summed E-state index contributed by atoms with van der Waals surface area (Å²) in [6.07, 6.45) is -1.38. The molecule has 0 N–H and O–H groups in total. The quantitative estimate of drug-likeness (QED) is 0.0897. The molecule has 7 aromatic rings. The van der Waals surface area contributed by atoms with Crippen molar-refractivity contribution in [2.45, 2.75) is 55.4 Å². The molecule has 258 valence electrons. The second kappa shape index (κ2) is 15.8. The molecule has 0 spiro atoms. The fourth-order valence-corrected chi connectivity index (χ4v) is 8.57. The lowest BCUT2D eigenvalue weighted by atomic mass is 9.11. The molecule has 0 atom stereocenters. The van der Waals surface area contributed by atoms with Crippen LogP contribution in [0.4, 0.5) is 0 Å². The monoisotopic (exact) mass is 674 g/mol. The van der Waals surface area contributed by atoms with E-state index >= 15 is 0 Å². The van der Waals surface area contributed by atoms with Gasteiger partial charge in [0.05, 0.1) is 22.6 Å². The Bertz CT molecular complexity index is 1960. The van der Waals surface area contributed by atoms with E-state index in [1.54, 1.807) is 0 Å². The Balaban J connectivity index is 0.000000206. The lowest BCUT2D eigenvalue weighted by molar-refractivity contribution is 1.23. The van der Waals surface area contributed by atoms with Gasteiger partial charge in [0.15, 0.2) is 0 Å². The molecule has 0 fully saturated rings. The lowest BCUT2D eigenvalue weighted by Crippen LogP contribution is -2.76. The van der Waals surface area contributed by atoms with Crippen LogP contribution in [0.2, 0.25) is 0 Å². The summed E-state index contributed by atoms with van der Waals surface area (Å²) in [7, 11) is 0. The van der Waals surface area contributed by atoms with Crippen LogP contribution in [0.5, 0.6) is 0 Å². The molecule has 0 aromatic heterocycles. The van der Waals surface area contributed by atoms with E-state index in [4.69, 9.17) is 0 Å². The fraction of sp³-hybridized carbons (Fsp3) is 0.157. The van der Waals surface area contributed by atoms with Crippen molar-refractivity contribution < 1.29 is 0 Å². The van der Waals surface area contributed by atoms with E-state index < -0.39 is 6.15 Å². The zero-order valence-corrected chi connectivity index (χ0v) is 32.2. The number of aryl methyl sites for hydroxylation is 8. The van der Waals surface area contributed by atoms with E-state index in [0.29, 0.717) is 0 Å². The maximum atomic E-state index is 2.39. The van der Waals surface area contributed by atoms with E-state index in [2.05, 4.69) is 219 Å². The van der Waals surface area contributed by atoms with Crippen LogP contribution in [0.1, 0.15) is 61.2 Å². The molecule has 0 saturated carbocycles. The topological polar surface area (TPSA) is 0 Å². The van der Waals surface area contributed by atoms with Crippen molar-refractivity contribution in [1.29, 1.82) is 0 Å². The minimum Gasteiger partial charge on any atom is -0.192 e. The summed E-state index contributed by atoms with van der Waals surface area (Å²) in [5.41, 5.74) is 20.1. The molecule has 0 aliphatic heterocycles. The standard InChI is InChI=1S/C32H36B.C19H15/c1-21-9-13-29(25(5)17-21)33(30-14-10-22(2)18-26(30)6,31-15-11-23(3)19-27(31)7)32-16-12-24(4)20-28(32)8;1-4-10-16(11-5-1)19(17-12-6-2-7-13-17)18-14-8-3-9-15-18/h9-20H,1-8H3;1-15H/q-1;+1. The summed E-state index contributed by atoms with van der Waals surface area (Å²) >= 11 is 0. The maximum Gasteiger partial charge on any atom is 0.109 e. The van der Waals surface area contributed by atoms with Gasteiger partial charge in [-0.05, 0) is 128 Å². The summed E-state index contributed by atoms with van der Waals surface area (Å²) in [4.78, 5) is 0. The number of benzene rings is 7. The number of hydrogen-bond donors (Lipinski definition) is 0. The van der Waals surface area contributed by atoms with E-state index in [0.717, 1.165) is 0 Å². The summed E-state index contributed by atoms with van der Waals surface area (Å²) in [5, 5.41) is 0. The van der Waals surface area contributed by atoms with Crippen LogP contribution in [0.3, 0.4) is 0 Å². The predicted octanol–water partition coefficient (Wildman–Crippen LogP) is 10.2. The molecule has 0 heterocycles. The van der Waals surface area contributed by atoms with E-state index in [1.807, 2.05) is 0 Å². The highest BCUT2D eigenvalue weighted by atomic mass is 14.2. The van der Waals surface area contributed by atoms with Crippen molar-refractivity contribution in [3.05, 3.63) is 231 Å². The Morgan fingerprint density at radius 2 is 0.519 bits per heavy atom. The largest absolute Gasteiger partial charge is 0.192 e. The molecular formula is C51H51B. The predicted molar refractivity (Wildman–Crippen MR) is 228 cm³/mol. The van der Waals surface area contributed by atoms with Gasteiger partial charge in [-0.1, -0.05) is 136 Å². The second-order valence-electron chi connectivity index (χ2n) is 14.8.